The molecule has 7 atom stereocenters. The minimum absolute atomic E-state index is 0.0344. The first kappa shape index (κ1) is 30.4. The smallest absolute Gasteiger partial charge is 0.394 e. The van der Waals surface area contributed by atoms with E-state index in [4.69, 9.17) is 30.0 Å². The number of unbranched alkanes of at least 4 members (excludes halogenated alkanes) is 1. The third-order valence-electron chi connectivity index (χ3n) is 7.01. The predicted molar refractivity (Wildman–Crippen MR) is 146 cm³/mol. The molecule has 2 aliphatic heterocycles. The topological polar surface area (TPSA) is 257 Å². The van der Waals surface area contributed by atoms with Gasteiger partial charge in [-0.2, -0.15) is 4.98 Å². The van der Waals surface area contributed by atoms with Gasteiger partial charge in [-0.3, -0.25) is 18.2 Å². The van der Waals surface area contributed by atoms with E-state index in [0.717, 1.165) is 12.8 Å². The number of fused-ring (bicyclic) bond motifs is 1. The largest absolute Gasteiger partial charge is 0.472 e. The fourth-order valence-electron chi connectivity index (χ4n) is 4.85. The van der Waals surface area contributed by atoms with E-state index in [1.165, 1.54) is 23.4 Å². The Morgan fingerprint density at radius 1 is 1.14 bits per heavy atom. The highest BCUT2D eigenvalue weighted by molar-refractivity contribution is 7.47. The SMILES string of the molecule is NCCCCNc1ccn([C@H]2C[C@H](OP(=O)(O)OC[C@H]3O[C@@H](n4cnc5c(N)ncnc54)C[C@@H]3O)[C@@H](CO)O2)c(=O)n1. The van der Waals surface area contributed by atoms with Crippen LogP contribution in [0.1, 0.15) is 38.1 Å². The van der Waals surface area contributed by atoms with Crippen LogP contribution >= 0.6 is 7.82 Å². The number of hydrogen-bond donors (Lipinski definition) is 6. The highest BCUT2D eigenvalue weighted by Crippen LogP contribution is 2.49. The van der Waals surface area contributed by atoms with E-state index >= 15 is 0 Å². The zero-order valence-corrected chi connectivity index (χ0v) is 23.4. The zero-order valence-electron chi connectivity index (χ0n) is 22.5. The molecule has 3 aromatic heterocycles. The number of ether oxygens (including phenoxy) is 2. The van der Waals surface area contributed by atoms with Gasteiger partial charge in [-0.25, -0.2) is 24.3 Å². The summed E-state index contributed by atoms with van der Waals surface area (Å²) in [7, 11) is -4.71. The Morgan fingerprint density at radius 3 is 2.69 bits per heavy atom. The Morgan fingerprint density at radius 2 is 1.93 bits per heavy atom. The highest BCUT2D eigenvalue weighted by atomic mass is 31.2. The molecule has 230 valence electrons. The van der Waals surface area contributed by atoms with E-state index in [-0.39, 0.29) is 18.7 Å². The summed E-state index contributed by atoms with van der Waals surface area (Å²) in [4.78, 5) is 39.2. The molecule has 3 aromatic rings. The molecule has 2 aliphatic rings. The first-order valence-electron chi connectivity index (χ1n) is 13.4. The van der Waals surface area contributed by atoms with Gasteiger partial charge in [-0.1, -0.05) is 0 Å². The second kappa shape index (κ2) is 13.1. The molecule has 5 rings (SSSR count). The van der Waals surface area contributed by atoms with Gasteiger partial charge in [0, 0.05) is 25.6 Å². The molecule has 0 saturated carbocycles. The lowest BCUT2D eigenvalue weighted by atomic mass is 10.2. The maximum atomic E-state index is 12.8. The van der Waals surface area contributed by atoms with Gasteiger partial charge in [0.2, 0.25) is 0 Å². The number of aliphatic hydroxyl groups is 2. The van der Waals surface area contributed by atoms with Gasteiger partial charge in [0.05, 0.1) is 25.6 Å². The third kappa shape index (κ3) is 6.77. The summed E-state index contributed by atoms with van der Waals surface area (Å²) in [5.74, 6) is 0.585. The number of anilines is 2. The van der Waals surface area contributed by atoms with Crippen LogP contribution in [0.3, 0.4) is 0 Å². The molecule has 42 heavy (non-hydrogen) atoms. The molecule has 5 heterocycles. The summed E-state index contributed by atoms with van der Waals surface area (Å²) in [6, 6.07) is 1.60. The summed E-state index contributed by atoms with van der Waals surface area (Å²) in [5, 5.41) is 23.3. The molecule has 8 N–H and O–H groups in total. The van der Waals surface area contributed by atoms with Gasteiger partial charge in [0.15, 0.2) is 11.5 Å². The molecule has 0 radical (unpaired) electrons. The molecule has 0 bridgehead atoms. The molecular formula is C23H34N9O9P. The fourth-order valence-corrected chi connectivity index (χ4v) is 5.81. The van der Waals surface area contributed by atoms with Gasteiger partial charge in [0.1, 0.15) is 48.4 Å². The number of nitrogens with one attached hydrogen (secondary N) is 1. The number of aromatic nitrogens is 6. The Labute approximate surface area is 239 Å². The van der Waals surface area contributed by atoms with Crippen LogP contribution in [-0.2, 0) is 23.1 Å². The van der Waals surface area contributed by atoms with Crippen molar-refractivity contribution < 1.29 is 38.2 Å². The van der Waals surface area contributed by atoms with Crippen molar-refractivity contribution in [3.63, 3.8) is 0 Å². The van der Waals surface area contributed by atoms with Crippen molar-refractivity contribution in [3.8, 4) is 0 Å². The summed E-state index contributed by atoms with van der Waals surface area (Å²) >= 11 is 0. The van der Waals surface area contributed by atoms with E-state index in [1.807, 2.05) is 0 Å². The fraction of sp³-hybridized carbons (Fsp3) is 0.609. The quantitative estimate of drug-likeness (QED) is 0.103. The zero-order chi connectivity index (χ0) is 29.9. The van der Waals surface area contributed by atoms with Crippen molar-refractivity contribution in [1.29, 1.82) is 0 Å². The maximum absolute atomic E-state index is 12.8. The molecule has 2 fully saturated rings. The molecule has 0 spiro atoms. The number of nitrogen functional groups attached to an aromatic ring is 1. The van der Waals surface area contributed by atoms with Crippen LogP contribution in [-0.4, -0.2) is 94.9 Å². The van der Waals surface area contributed by atoms with Crippen LogP contribution in [0, 0.1) is 0 Å². The summed E-state index contributed by atoms with van der Waals surface area (Å²) in [6.45, 7) is 0.169. The summed E-state index contributed by atoms with van der Waals surface area (Å²) in [6.07, 6.45) is 0.300. The first-order valence-corrected chi connectivity index (χ1v) is 14.9. The second-order valence-electron chi connectivity index (χ2n) is 9.90. The lowest BCUT2D eigenvalue weighted by Crippen LogP contribution is -2.29. The standard InChI is InChI=1S/C23H34N9O9P/c24-4-1-2-5-26-17-3-6-31(23(35)30-17)19-8-14(15(9-33)39-19)41-42(36,37)38-10-16-13(34)7-18(40-16)32-12-29-20-21(25)27-11-28-22(20)32/h3,6,11-16,18-19,33-34H,1-2,4-5,7-10,24H2,(H,36,37)(H2,25,27,28)(H,26,30,35)/t13-,14-,15+,16+,18+,19+/m0/s1. The van der Waals surface area contributed by atoms with Crippen LogP contribution in [0.2, 0.25) is 0 Å². The lowest BCUT2D eigenvalue weighted by molar-refractivity contribution is -0.0564. The number of rotatable bonds is 13. The van der Waals surface area contributed by atoms with Crippen LogP contribution in [0.5, 0.6) is 0 Å². The van der Waals surface area contributed by atoms with Crippen molar-refractivity contribution >= 4 is 30.6 Å². The minimum atomic E-state index is -4.71. The van der Waals surface area contributed by atoms with Gasteiger partial charge < -0.3 is 41.4 Å². The molecular weight excluding hydrogens is 577 g/mol. The maximum Gasteiger partial charge on any atom is 0.472 e. The van der Waals surface area contributed by atoms with Crippen molar-refractivity contribution in [1.82, 2.24) is 29.1 Å². The number of nitrogens with two attached hydrogens (primary N) is 2. The Bertz CT molecular complexity index is 1470. The normalized spacial score (nSPS) is 27.4. The Balaban J connectivity index is 1.16. The number of imidazole rings is 1. The van der Waals surface area contributed by atoms with Gasteiger partial charge in [-0.05, 0) is 25.5 Å². The van der Waals surface area contributed by atoms with E-state index in [9.17, 15) is 24.5 Å². The molecule has 1 unspecified atom stereocenters. The molecule has 19 heteroatoms. The van der Waals surface area contributed by atoms with E-state index in [0.29, 0.717) is 30.1 Å². The minimum Gasteiger partial charge on any atom is -0.394 e. The van der Waals surface area contributed by atoms with Crippen LogP contribution in [0.15, 0.2) is 29.7 Å². The van der Waals surface area contributed by atoms with Gasteiger partial charge in [0.25, 0.3) is 0 Å². The average molecular weight is 612 g/mol. The first-order chi connectivity index (χ1) is 20.2. The molecule has 18 nitrogen and oxygen atoms in total. The van der Waals surface area contributed by atoms with Crippen LogP contribution in [0.4, 0.5) is 11.6 Å². The number of nitrogens with zero attached hydrogens (tertiary/aromatic N) is 6. The van der Waals surface area contributed by atoms with Crippen molar-refractivity contribution in [3.05, 3.63) is 35.4 Å². The van der Waals surface area contributed by atoms with Gasteiger partial charge >= 0.3 is 13.5 Å². The number of aliphatic hydroxyl groups excluding tert-OH is 2. The highest BCUT2D eigenvalue weighted by Gasteiger charge is 2.43. The number of phosphoric acid groups is 1. The lowest BCUT2D eigenvalue weighted by Gasteiger charge is -2.21. The molecule has 0 aromatic carbocycles. The van der Waals surface area contributed by atoms with Gasteiger partial charge in [-0.15, -0.1) is 0 Å². The van der Waals surface area contributed by atoms with Crippen LogP contribution < -0.4 is 22.5 Å². The number of phosphoric ester groups is 1. The van der Waals surface area contributed by atoms with Crippen molar-refractivity contribution in [2.45, 2.75) is 62.6 Å². The molecule has 2 saturated heterocycles. The van der Waals surface area contributed by atoms with Crippen LogP contribution in [0.25, 0.3) is 11.2 Å². The predicted octanol–water partition coefficient (Wildman–Crippen LogP) is -0.753. The van der Waals surface area contributed by atoms with Crippen molar-refractivity contribution in [2.24, 2.45) is 5.73 Å². The summed E-state index contributed by atoms with van der Waals surface area (Å²) in [5.41, 5.74) is 11.5. The average Bonchev–Trinajstić information content (AvgIpc) is 3.67. The van der Waals surface area contributed by atoms with E-state index in [1.54, 1.807) is 10.6 Å². The molecule has 0 amide bonds. The Kier molecular flexibility index (Phi) is 9.46. The van der Waals surface area contributed by atoms with E-state index in [2.05, 4.69) is 25.3 Å². The monoisotopic (exact) mass is 611 g/mol. The Hall–Kier alpha value is -3.06. The van der Waals surface area contributed by atoms with Crippen molar-refractivity contribution in [2.75, 3.05) is 37.4 Å². The second-order valence-corrected chi connectivity index (χ2v) is 11.3. The van der Waals surface area contributed by atoms with E-state index < -0.39 is 63.6 Å². The number of hydrogen-bond acceptors (Lipinski definition) is 15. The molecule has 0 aliphatic carbocycles. The third-order valence-corrected chi connectivity index (χ3v) is 8.02. The summed E-state index contributed by atoms with van der Waals surface area (Å²) < 4.78 is 37.6.